The fourth-order valence-electron chi connectivity index (χ4n) is 12.0. The fourth-order valence-corrected chi connectivity index (χ4v) is 12.0. The summed E-state index contributed by atoms with van der Waals surface area (Å²) in [6, 6.07) is 40.1. The van der Waals surface area contributed by atoms with Crippen LogP contribution in [-0.2, 0) is 11.0 Å². The van der Waals surface area contributed by atoms with Gasteiger partial charge in [-0.3, -0.25) is 0 Å². The maximum atomic E-state index is 7.90. The average molecular weight is 796 g/mol. The van der Waals surface area contributed by atoms with Gasteiger partial charge in [0.2, 0.25) is 0 Å². The molecule has 306 valence electrons. The lowest BCUT2D eigenvalue weighted by Gasteiger charge is -2.54. The highest BCUT2D eigenvalue weighted by molar-refractivity contribution is 6.10. The number of benzene rings is 6. The van der Waals surface area contributed by atoms with Crippen LogP contribution in [0.2, 0.25) is 0 Å². The molecule has 1 saturated heterocycles. The smallest absolute Gasteiger partial charge is 0.178 e. The van der Waals surface area contributed by atoms with Crippen LogP contribution in [0.25, 0.3) is 39.1 Å². The third-order valence-electron chi connectivity index (χ3n) is 14.5. The van der Waals surface area contributed by atoms with Crippen LogP contribution in [0.4, 0.5) is 5.69 Å². The van der Waals surface area contributed by atoms with Crippen LogP contribution in [0.5, 0.6) is 23.0 Å². The molecular weight excluding hydrogens is 739 g/mol. The molecule has 0 bridgehead atoms. The second kappa shape index (κ2) is 14.2. The molecule has 5 heteroatoms. The number of fused-ring (bicyclic) bond motifs is 12. The van der Waals surface area contributed by atoms with Crippen LogP contribution in [-0.4, -0.2) is 32.4 Å². The number of ether oxygens (including phenoxy) is 4. The number of nitrogens with zero attached hydrogens (tertiary/aromatic N) is 1. The minimum absolute atomic E-state index is 0.0419. The van der Waals surface area contributed by atoms with E-state index in [9.17, 15) is 0 Å². The maximum absolute atomic E-state index is 7.90. The number of methoxy groups -OCH3 is 3. The summed E-state index contributed by atoms with van der Waals surface area (Å²) < 4.78 is 25.7. The molecule has 0 amide bonds. The Morgan fingerprint density at radius 2 is 1.15 bits per heavy atom. The van der Waals surface area contributed by atoms with Gasteiger partial charge in [0, 0.05) is 44.3 Å². The van der Waals surface area contributed by atoms with Crippen molar-refractivity contribution in [1.29, 1.82) is 0 Å². The van der Waals surface area contributed by atoms with E-state index < -0.39 is 5.60 Å². The van der Waals surface area contributed by atoms with Crippen LogP contribution in [0, 0.1) is 0 Å². The SMILES string of the molecule is COc1ccc(C2(c3ccc(N4C(C)(C)CCCC4(C)C)cc3)C=Cc3c4c(c5cc(OC)c(OC)cc5c3O2)-c2ccccc2-c2ccccc2C42CCCCC2)cc1. The Balaban J connectivity index is 1.28. The molecule has 6 aromatic rings. The molecule has 2 aliphatic heterocycles. The zero-order chi connectivity index (χ0) is 41.4. The number of hydrogen-bond acceptors (Lipinski definition) is 5. The zero-order valence-electron chi connectivity index (χ0n) is 36.3. The van der Waals surface area contributed by atoms with Gasteiger partial charge in [0.1, 0.15) is 11.5 Å². The van der Waals surface area contributed by atoms with Gasteiger partial charge < -0.3 is 23.8 Å². The number of rotatable bonds is 6. The van der Waals surface area contributed by atoms with Gasteiger partial charge in [-0.05, 0) is 141 Å². The first kappa shape index (κ1) is 38.5. The summed E-state index contributed by atoms with van der Waals surface area (Å²) >= 11 is 0. The highest BCUT2D eigenvalue weighted by Gasteiger charge is 2.47. The summed E-state index contributed by atoms with van der Waals surface area (Å²) in [7, 11) is 5.17. The van der Waals surface area contributed by atoms with E-state index in [1.807, 2.05) is 12.1 Å². The molecule has 2 fully saturated rings. The molecule has 10 rings (SSSR count). The predicted octanol–water partition coefficient (Wildman–Crippen LogP) is 13.7. The van der Waals surface area contributed by atoms with E-state index in [0.29, 0.717) is 11.5 Å². The molecule has 2 heterocycles. The van der Waals surface area contributed by atoms with Crippen LogP contribution in [0.1, 0.15) is 107 Å². The first-order chi connectivity index (χ1) is 29.0. The first-order valence-corrected chi connectivity index (χ1v) is 21.9. The van der Waals surface area contributed by atoms with Gasteiger partial charge in [-0.2, -0.15) is 0 Å². The highest BCUT2D eigenvalue weighted by atomic mass is 16.5. The monoisotopic (exact) mass is 795 g/mol. The highest BCUT2D eigenvalue weighted by Crippen LogP contribution is 2.61. The molecule has 4 aliphatic rings. The molecule has 5 nitrogen and oxygen atoms in total. The first-order valence-electron chi connectivity index (χ1n) is 21.9. The second-order valence-electron chi connectivity index (χ2n) is 18.7. The van der Waals surface area contributed by atoms with Gasteiger partial charge in [-0.15, -0.1) is 0 Å². The molecule has 1 saturated carbocycles. The summed E-state index contributed by atoms with van der Waals surface area (Å²) in [6.07, 6.45) is 14.0. The van der Waals surface area contributed by atoms with Crippen molar-refractivity contribution in [3.63, 3.8) is 0 Å². The Kier molecular flexibility index (Phi) is 9.13. The molecule has 0 N–H and O–H groups in total. The Morgan fingerprint density at radius 1 is 0.567 bits per heavy atom. The molecular formula is C55H57NO4. The molecule has 0 aromatic heterocycles. The van der Waals surface area contributed by atoms with E-state index >= 15 is 0 Å². The fraction of sp³-hybridized carbons (Fsp3) is 0.345. The topological polar surface area (TPSA) is 40.2 Å². The van der Waals surface area contributed by atoms with Crippen LogP contribution < -0.4 is 23.8 Å². The van der Waals surface area contributed by atoms with E-state index in [0.717, 1.165) is 51.8 Å². The number of hydrogen-bond donors (Lipinski definition) is 0. The normalized spacial score (nSPS) is 20.6. The Bertz CT molecular complexity index is 2630. The van der Waals surface area contributed by atoms with Gasteiger partial charge in [-0.1, -0.05) is 98.1 Å². The Labute approximate surface area is 356 Å². The summed E-state index contributed by atoms with van der Waals surface area (Å²) in [5.74, 6) is 3.06. The molecule has 1 atom stereocenters. The van der Waals surface area contributed by atoms with Crippen molar-refractivity contribution in [3.8, 4) is 45.3 Å². The van der Waals surface area contributed by atoms with Crippen molar-refractivity contribution in [3.05, 3.63) is 143 Å². The minimum atomic E-state index is -0.945. The van der Waals surface area contributed by atoms with E-state index in [1.54, 1.807) is 21.3 Å². The summed E-state index contributed by atoms with van der Waals surface area (Å²) in [5, 5.41) is 2.11. The second-order valence-corrected chi connectivity index (χ2v) is 18.7. The third-order valence-corrected chi connectivity index (χ3v) is 14.5. The third kappa shape index (κ3) is 5.71. The van der Waals surface area contributed by atoms with E-state index in [2.05, 4.69) is 142 Å². The van der Waals surface area contributed by atoms with Gasteiger partial charge in [0.05, 0.1) is 21.3 Å². The lowest BCUT2D eigenvalue weighted by molar-refractivity contribution is 0.163. The van der Waals surface area contributed by atoms with Gasteiger partial charge in [-0.25, -0.2) is 0 Å². The van der Waals surface area contributed by atoms with Crippen molar-refractivity contribution >= 4 is 22.5 Å². The molecule has 1 spiro atoms. The van der Waals surface area contributed by atoms with E-state index in [4.69, 9.17) is 18.9 Å². The van der Waals surface area contributed by atoms with Crippen LogP contribution in [0.3, 0.4) is 0 Å². The summed E-state index contributed by atoms with van der Waals surface area (Å²) in [4.78, 5) is 2.64. The maximum Gasteiger partial charge on any atom is 0.178 e. The Hall–Kier alpha value is -5.68. The molecule has 6 aromatic carbocycles. The van der Waals surface area contributed by atoms with E-state index in [-0.39, 0.29) is 16.5 Å². The van der Waals surface area contributed by atoms with Gasteiger partial charge in [0.25, 0.3) is 0 Å². The quantitative estimate of drug-likeness (QED) is 0.168. The van der Waals surface area contributed by atoms with Crippen molar-refractivity contribution in [2.24, 2.45) is 0 Å². The largest absolute Gasteiger partial charge is 0.497 e. The van der Waals surface area contributed by atoms with Crippen molar-refractivity contribution in [2.75, 3.05) is 26.2 Å². The lowest BCUT2D eigenvalue weighted by atomic mass is 9.62. The minimum Gasteiger partial charge on any atom is -0.497 e. The Morgan fingerprint density at radius 3 is 1.78 bits per heavy atom. The van der Waals surface area contributed by atoms with Gasteiger partial charge >= 0.3 is 0 Å². The predicted molar refractivity (Wildman–Crippen MR) is 246 cm³/mol. The summed E-state index contributed by atoms with van der Waals surface area (Å²) in [6.45, 7) is 9.55. The van der Waals surface area contributed by atoms with Crippen molar-refractivity contribution < 1.29 is 18.9 Å². The summed E-state index contributed by atoms with van der Waals surface area (Å²) in [5.41, 5.74) is 11.3. The van der Waals surface area contributed by atoms with Crippen molar-refractivity contribution in [1.82, 2.24) is 0 Å². The molecule has 60 heavy (non-hydrogen) atoms. The number of piperidine rings is 1. The van der Waals surface area contributed by atoms with E-state index in [1.165, 1.54) is 77.6 Å². The zero-order valence-corrected chi connectivity index (χ0v) is 36.3. The van der Waals surface area contributed by atoms with Crippen LogP contribution in [0.15, 0.2) is 115 Å². The average Bonchev–Trinajstić information content (AvgIpc) is 3.37. The molecule has 2 aliphatic carbocycles. The van der Waals surface area contributed by atoms with Crippen molar-refractivity contribution in [2.45, 2.75) is 101 Å². The molecule has 1 unspecified atom stereocenters. The standard InChI is InChI=1S/C55H57NO4/c1-52(2)29-15-30-53(3,4)56(52)38-24-20-36(21-25-38)55(37-22-26-39(57-5)27-23-37)33-28-43-50-49(44-34-47(58-6)48(59-7)35-45(44)51(43)60-55)42-18-10-9-16-40(42)41-17-11-12-19-46(41)54(50)31-13-8-14-32-54/h9-12,16-28,33-35H,8,13-15,29-32H2,1-7H3. The lowest BCUT2D eigenvalue weighted by Crippen LogP contribution is -2.59. The molecule has 0 radical (unpaired) electrons. The number of anilines is 1. The van der Waals surface area contributed by atoms with Crippen LogP contribution >= 0.6 is 0 Å². The van der Waals surface area contributed by atoms with Gasteiger partial charge in [0.15, 0.2) is 17.1 Å².